The third-order valence-electron chi connectivity index (χ3n) is 4.44. The molecule has 3 rings (SSSR count). The minimum absolute atomic E-state index is 0.326. The monoisotopic (exact) mass is 434 g/mol. The summed E-state index contributed by atoms with van der Waals surface area (Å²) in [6.07, 6.45) is 1.48. The number of amides is 1. The molecule has 1 N–H and O–H groups in total. The zero-order chi connectivity index (χ0) is 22.9. The number of para-hydroxylation sites is 1. The highest BCUT2D eigenvalue weighted by Crippen LogP contribution is 2.28. The van der Waals surface area contributed by atoms with E-state index in [1.807, 2.05) is 0 Å². The van der Waals surface area contributed by atoms with E-state index in [-0.39, 0.29) is 5.91 Å². The summed E-state index contributed by atoms with van der Waals surface area (Å²) in [5, 5.41) is 3.95. The van der Waals surface area contributed by atoms with Gasteiger partial charge in [0.05, 0.1) is 38.7 Å². The first-order valence-corrected chi connectivity index (χ1v) is 9.56. The molecule has 1 amide bonds. The Bertz CT molecular complexity index is 1130. The van der Waals surface area contributed by atoms with Crippen LogP contribution in [0.25, 0.3) is 0 Å². The van der Waals surface area contributed by atoms with Crippen molar-refractivity contribution in [3.63, 3.8) is 0 Å². The largest absolute Gasteiger partial charge is 0.496 e. The van der Waals surface area contributed by atoms with Gasteiger partial charge >= 0.3 is 5.97 Å². The highest BCUT2D eigenvalue weighted by atomic mass is 16.5. The number of carbonyl (C=O) groups is 2. The Morgan fingerprint density at radius 3 is 2.19 bits per heavy atom. The van der Waals surface area contributed by atoms with Gasteiger partial charge in [0.1, 0.15) is 11.5 Å². The van der Waals surface area contributed by atoms with E-state index >= 15 is 0 Å². The van der Waals surface area contributed by atoms with Gasteiger partial charge < -0.3 is 18.9 Å². The van der Waals surface area contributed by atoms with Gasteiger partial charge in [-0.2, -0.15) is 5.10 Å². The molecular weight excluding hydrogens is 412 g/mol. The van der Waals surface area contributed by atoms with Crippen molar-refractivity contribution in [2.75, 3.05) is 21.3 Å². The quantitative estimate of drug-likeness (QED) is 0.251. The molecule has 8 heteroatoms. The number of ether oxygens (including phenoxy) is 4. The Labute approximate surface area is 185 Å². The Kier molecular flexibility index (Phi) is 7.42. The molecule has 8 nitrogen and oxygen atoms in total. The van der Waals surface area contributed by atoms with E-state index in [4.69, 9.17) is 18.9 Å². The van der Waals surface area contributed by atoms with Gasteiger partial charge in [0.15, 0.2) is 11.5 Å². The molecule has 0 aliphatic carbocycles. The summed E-state index contributed by atoms with van der Waals surface area (Å²) in [5.74, 6) is 0.852. The molecular formula is C24H22N2O6. The normalized spacial score (nSPS) is 10.5. The van der Waals surface area contributed by atoms with E-state index in [0.717, 1.165) is 0 Å². The molecule has 0 heterocycles. The maximum atomic E-state index is 12.4. The van der Waals surface area contributed by atoms with E-state index in [1.54, 1.807) is 66.7 Å². The lowest BCUT2D eigenvalue weighted by atomic mass is 10.2. The summed E-state index contributed by atoms with van der Waals surface area (Å²) in [6, 6.07) is 18.3. The molecule has 0 unspecified atom stereocenters. The molecule has 0 aliphatic rings. The molecule has 0 aromatic heterocycles. The second-order valence-corrected chi connectivity index (χ2v) is 6.43. The van der Waals surface area contributed by atoms with Crippen molar-refractivity contribution in [3.8, 4) is 23.0 Å². The maximum absolute atomic E-state index is 12.4. The molecule has 0 saturated heterocycles. The van der Waals surface area contributed by atoms with Crippen molar-refractivity contribution >= 4 is 18.1 Å². The summed E-state index contributed by atoms with van der Waals surface area (Å²) >= 11 is 0. The fraction of sp³-hybridized carbons (Fsp3) is 0.125. The fourth-order valence-electron chi connectivity index (χ4n) is 2.81. The van der Waals surface area contributed by atoms with Gasteiger partial charge in [-0.05, 0) is 60.2 Å². The average molecular weight is 434 g/mol. The summed E-state index contributed by atoms with van der Waals surface area (Å²) < 4.78 is 20.9. The predicted molar refractivity (Wildman–Crippen MR) is 119 cm³/mol. The number of rotatable bonds is 8. The van der Waals surface area contributed by atoms with Crippen molar-refractivity contribution in [2.24, 2.45) is 5.10 Å². The zero-order valence-corrected chi connectivity index (χ0v) is 17.8. The van der Waals surface area contributed by atoms with Crippen LogP contribution >= 0.6 is 0 Å². The first-order valence-electron chi connectivity index (χ1n) is 9.56. The first-order chi connectivity index (χ1) is 15.5. The second kappa shape index (κ2) is 10.6. The highest BCUT2D eigenvalue weighted by Gasteiger charge is 2.13. The van der Waals surface area contributed by atoms with Crippen molar-refractivity contribution in [3.05, 3.63) is 83.4 Å². The Morgan fingerprint density at radius 1 is 0.812 bits per heavy atom. The number of hydrogen-bond donors (Lipinski definition) is 1. The minimum Gasteiger partial charge on any atom is -0.496 e. The predicted octanol–water partition coefficient (Wildman–Crippen LogP) is 3.70. The van der Waals surface area contributed by atoms with Crippen LogP contribution in [0.2, 0.25) is 0 Å². The summed E-state index contributed by atoms with van der Waals surface area (Å²) in [6.45, 7) is 0. The van der Waals surface area contributed by atoms with Crippen LogP contribution in [0.1, 0.15) is 26.3 Å². The van der Waals surface area contributed by atoms with Gasteiger partial charge in [0.2, 0.25) is 0 Å². The Morgan fingerprint density at radius 2 is 1.50 bits per heavy atom. The Balaban J connectivity index is 1.60. The van der Waals surface area contributed by atoms with Gasteiger partial charge in [-0.3, -0.25) is 4.79 Å². The molecule has 3 aromatic rings. The van der Waals surface area contributed by atoms with Crippen LogP contribution in [0.4, 0.5) is 0 Å². The van der Waals surface area contributed by atoms with Crippen LogP contribution in [0.3, 0.4) is 0 Å². The SMILES string of the molecule is COc1ccc(C(=O)Oc2ccc(/C=N/NC(=O)c3ccccc3OC)cc2)cc1OC. The highest BCUT2D eigenvalue weighted by molar-refractivity contribution is 5.97. The van der Waals surface area contributed by atoms with Crippen molar-refractivity contribution < 1.29 is 28.5 Å². The van der Waals surface area contributed by atoms with Crippen LogP contribution < -0.4 is 24.4 Å². The van der Waals surface area contributed by atoms with E-state index in [2.05, 4.69) is 10.5 Å². The van der Waals surface area contributed by atoms with Gasteiger partial charge in [-0.15, -0.1) is 0 Å². The van der Waals surface area contributed by atoms with Crippen molar-refractivity contribution in [1.82, 2.24) is 5.43 Å². The molecule has 3 aromatic carbocycles. The number of methoxy groups -OCH3 is 3. The molecule has 0 radical (unpaired) electrons. The average Bonchev–Trinajstić information content (AvgIpc) is 2.84. The standard InChI is InChI=1S/C24H22N2O6/c1-29-20-7-5-4-6-19(20)23(27)26-25-15-16-8-11-18(12-9-16)32-24(28)17-10-13-21(30-2)22(14-17)31-3/h4-15H,1-3H3,(H,26,27)/b25-15+. The van der Waals surface area contributed by atoms with E-state index in [1.165, 1.54) is 27.5 Å². The first kappa shape index (κ1) is 22.4. The number of esters is 1. The van der Waals surface area contributed by atoms with Crippen LogP contribution in [0, 0.1) is 0 Å². The lowest BCUT2D eigenvalue weighted by Gasteiger charge is -2.09. The molecule has 0 bridgehead atoms. The summed E-state index contributed by atoms with van der Waals surface area (Å²) in [7, 11) is 4.51. The number of nitrogens with one attached hydrogen (secondary N) is 1. The lowest BCUT2D eigenvalue weighted by molar-refractivity contribution is 0.0734. The zero-order valence-electron chi connectivity index (χ0n) is 17.8. The van der Waals surface area contributed by atoms with E-state index in [0.29, 0.717) is 39.7 Å². The molecule has 0 aliphatic heterocycles. The van der Waals surface area contributed by atoms with Crippen LogP contribution in [-0.2, 0) is 0 Å². The molecule has 0 spiro atoms. The molecule has 164 valence electrons. The third kappa shape index (κ3) is 5.42. The molecule has 0 fully saturated rings. The fourth-order valence-corrected chi connectivity index (χ4v) is 2.81. The topological polar surface area (TPSA) is 95.5 Å². The number of carbonyl (C=O) groups excluding carboxylic acids is 2. The number of benzene rings is 3. The maximum Gasteiger partial charge on any atom is 0.343 e. The number of hydrogen-bond acceptors (Lipinski definition) is 7. The van der Waals surface area contributed by atoms with Gasteiger partial charge in [0.25, 0.3) is 5.91 Å². The van der Waals surface area contributed by atoms with Crippen LogP contribution in [0.5, 0.6) is 23.0 Å². The van der Waals surface area contributed by atoms with Gasteiger partial charge in [-0.25, -0.2) is 10.2 Å². The lowest BCUT2D eigenvalue weighted by Crippen LogP contribution is -2.18. The van der Waals surface area contributed by atoms with Crippen LogP contribution in [0.15, 0.2) is 71.8 Å². The second-order valence-electron chi connectivity index (χ2n) is 6.43. The van der Waals surface area contributed by atoms with E-state index in [9.17, 15) is 9.59 Å². The van der Waals surface area contributed by atoms with Crippen molar-refractivity contribution in [2.45, 2.75) is 0 Å². The molecule has 0 saturated carbocycles. The van der Waals surface area contributed by atoms with Crippen molar-refractivity contribution in [1.29, 1.82) is 0 Å². The number of hydrazone groups is 1. The summed E-state index contributed by atoms with van der Waals surface area (Å²) in [4.78, 5) is 24.6. The molecule has 0 atom stereocenters. The number of nitrogens with zero attached hydrogens (tertiary/aromatic N) is 1. The van der Waals surface area contributed by atoms with Gasteiger partial charge in [0, 0.05) is 0 Å². The van der Waals surface area contributed by atoms with E-state index < -0.39 is 5.97 Å². The Hall–Kier alpha value is -4.33. The van der Waals surface area contributed by atoms with Crippen LogP contribution in [-0.4, -0.2) is 39.4 Å². The third-order valence-corrected chi connectivity index (χ3v) is 4.44. The smallest absolute Gasteiger partial charge is 0.343 e. The minimum atomic E-state index is -0.531. The van der Waals surface area contributed by atoms with Gasteiger partial charge in [-0.1, -0.05) is 12.1 Å². The summed E-state index contributed by atoms with van der Waals surface area (Å²) in [5.41, 5.74) is 3.86. The molecule has 32 heavy (non-hydrogen) atoms.